The highest BCUT2D eigenvalue weighted by Crippen LogP contribution is 2.50. The number of rotatable bonds is 10. The molecule has 0 spiro atoms. The van der Waals surface area contributed by atoms with Gasteiger partial charge in [-0.1, -0.05) is 81.7 Å². The Kier molecular flexibility index (Phi) is 7.37. The topological polar surface area (TPSA) is 29.1 Å². The molecule has 2 aliphatic rings. The van der Waals surface area contributed by atoms with Crippen LogP contribution in [0, 0.1) is 44.4 Å². The maximum atomic E-state index is 13.3. The number of unbranched alkanes of at least 4 members (excludes halogenated alkanes) is 6. The van der Waals surface area contributed by atoms with Crippen molar-refractivity contribution in [2.24, 2.45) is 23.7 Å². The Morgan fingerprint density at radius 1 is 0.929 bits per heavy atom. The zero-order valence-electron chi connectivity index (χ0n) is 18.4. The van der Waals surface area contributed by atoms with Crippen LogP contribution in [0.4, 0.5) is 5.69 Å². The monoisotopic (exact) mass is 381 g/mol. The number of allylic oxidation sites excluding steroid dienone is 2. The van der Waals surface area contributed by atoms with Crippen LogP contribution in [0.25, 0.3) is 0 Å². The number of aryl methyl sites for hydroxylation is 3. The largest absolute Gasteiger partial charge is 0.325 e. The minimum absolute atomic E-state index is 0.162. The van der Waals surface area contributed by atoms with Crippen molar-refractivity contribution in [3.8, 4) is 0 Å². The number of benzene rings is 1. The first-order valence-corrected chi connectivity index (χ1v) is 11.6. The van der Waals surface area contributed by atoms with Crippen molar-refractivity contribution in [3.05, 3.63) is 41.0 Å². The van der Waals surface area contributed by atoms with Crippen LogP contribution in [-0.4, -0.2) is 5.91 Å². The first-order chi connectivity index (χ1) is 13.5. The fourth-order valence-corrected chi connectivity index (χ4v) is 5.63. The average Bonchev–Trinajstić information content (AvgIpc) is 3.25. The molecular weight excluding hydrogens is 342 g/mol. The molecular formula is C26H39NO. The molecule has 0 radical (unpaired) electrons. The van der Waals surface area contributed by atoms with Crippen LogP contribution in [0.5, 0.6) is 0 Å². The number of anilines is 1. The van der Waals surface area contributed by atoms with Crippen molar-refractivity contribution in [1.82, 2.24) is 0 Å². The van der Waals surface area contributed by atoms with Gasteiger partial charge in [0.15, 0.2) is 0 Å². The molecule has 28 heavy (non-hydrogen) atoms. The standard InChI is InChI=1S/C26H39NO/c1-5-6-7-8-9-10-11-12-23-21-13-14-22(17-21)24(23)26(28)27-25-19(3)15-18(2)16-20(25)4/h13-16,21-24H,5-12,17H2,1-4H3,(H,27,28). The second-order valence-electron chi connectivity index (χ2n) is 9.31. The van der Waals surface area contributed by atoms with Gasteiger partial charge < -0.3 is 5.32 Å². The van der Waals surface area contributed by atoms with Gasteiger partial charge in [-0.05, 0) is 62.5 Å². The van der Waals surface area contributed by atoms with E-state index in [4.69, 9.17) is 0 Å². The molecule has 4 atom stereocenters. The van der Waals surface area contributed by atoms with Crippen molar-refractivity contribution < 1.29 is 4.79 Å². The summed E-state index contributed by atoms with van der Waals surface area (Å²) in [6.07, 6.45) is 16.5. The summed E-state index contributed by atoms with van der Waals surface area (Å²) in [5.74, 6) is 2.03. The molecule has 1 aromatic rings. The van der Waals surface area contributed by atoms with Crippen LogP contribution in [-0.2, 0) is 4.79 Å². The zero-order valence-corrected chi connectivity index (χ0v) is 18.4. The summed E-state index contributed by atoms with van der Waals surface area (Å²) in [6.45, 7) is 8.59. The zero-order chi connectivity index (χ0) is 20.1. The summed E-state index contributed by atoms with van der Waals surface area (Å²) >= 11 is 0. The molecule has 2 aliphatic carbocycles. The van der Waals surface area contributed by atoms with Gasteiger partial charge in [-0.2, -0.15) is 0 Å². The average molecular weight is 382 g/mol. The highest BCUT2D eigenvalue weighted by Gasteiger charge is 2.47. The van der Waals surface area contributed by atoms with E-state index in [2.05, 4.69) is 57.3 Å². The molecule has 1 amide bonds. The van der Waals surface area contributed by atoms with E-state index in [-0.39, 0.29) is 11.8 Å². The number of amides is 1. The second kappa shape index (κ2) is 9.76. The summed E-state index contributed by atoms with van der Waals surface area (Å²) in [6, 6.07) is 4.33. The van der Waals surface area contributed by atoms with Crippen LogP contribution in [0.2, 0.25) is 0 Å². The number of fused-ring (bicyclic) bond motifs is 2. The first-order valence-electron chi connectivity index (χ1n) is 11.6. The molecule has 1 saturated carbocycles. The molecule has 0 heterocycles. The second-order valence-corrected chi connectivity index (χ2v) is 9.31. The maximum Gasteiger partial charge on any atom is 0.228 e. The lowest BCUT2D eigenvalue weighted by Gasteiger charge is -2.28. The van der Waals surface area contributed by atoms with Gasteiger partial charge in [-0.3, -0.25) is 4.79 Å². The number of nitrogens with one attached hydrogen (secondary N) is 1. The summed E-state index contributed by atoms with van der Waals surface area (Å²) in [5, 5.41) is 3.31. The van der Waals surface area contributed by atoms with E-state index in [1.54, 1.807) is 0 Å². The number of carbonyl (C=O) groups is 1. The predicted octanol–water partition coefficient (Wildman–Crippen LogP) is 7.13. The normalized spacial score (nSPS) is 25.4. The van der Waals surface area contributed by atoms with Crippen LogP contribution in [0.15, 0.2) is 24.3 Å². The highest BCUT2D eigenvalue weighted by atomic mass is 16.1. The molecule has 0 aromatic heterocycles. The highest BCUT2D eigenvalue weighted by molar-refractivity contribution is 5.95. The van der Waals surface area contributed by atoms with Gasteiger partial charge in [0.1, 0.15) is 0 Å². The quantitative estimate of drug-likeness (QED) is 0.339. The van der Waals surface area contributed by atoms with Gasteiger partial charge in [0, 0.05) is 11.6 Å². The Bertz CT molecular complexity index is 681. The van der Waals surface area contributed by atoms with Gasteiger partial charge in [-0.15, -0.1) is 0 Å². The van der Waals surface area contributed by atoms with E-state index < -0.39 is 0 Å². The number of hydrogen-bond acceptors (Lipinski definition) is 1. The van der Waals surface area contributed by atoms with E-state index in [0.717, 1.165) is 5.69 Å². The fraction of sp³-hybridized carbons (Fsp3) is 0.654. The smallest absolute Gasteiger partial charge is 0.228 e. The first kappa shape index (κ1) is 21.1. The van der Waals surface area contributed by atoms with E-state index >= 15 is 0 Å². The third-order valence-corrected chi connectivity index (χ3v) is 6.99. The molecule has 1 fully saturated rings. The Morgan fingerprint density at radius 3 is 2.21 bits per heavy atom. The van der Waals surface area contributed by atoms with Gasteiger partial charge in [0.2, 0.25) is 5.91 Å². The van der Waals surface area contributed by atoms with Crippen LogP contribution < -0.4 is 5.32 Å². The van der Waals surface area contributed by atoms with Gasteiger partial charge >= 0.3 is 0 Å². The molecule has 0 saturated heterocycles. The van der Waals surface area contributed by atoms with Crippen molar-refractivity contribution >= 4 is 11.6 Å². The molecule has 4 unspecified atom stereocenters. The molecule has 3 rings (SSSR count). The van der Waals surface area contributed by atoms with Gasteiger partial charge in [0.25, 0.3) is 0 Å². The third-order valence-electron chi connectivity index (χ3n) is 6.99. The van der Waals surface area contributed by atoms with Crippen molar-refractivity contribution in [1.29, 1.82) is 0 Å². The minimum atomic E-state index is 0.162. The van der Waals surface area contributed by atoms with Crippen LogP contribution >= 0.6 is 0 Å². The minimum Gasteiger partial charge on any atom is -0.325 e. The molecule has 154 valence electrons. The molecule has 2 bridgehead atoms. The number of carbonyl (C=O) groups excluding carboxylic acids is 1. The number of hydrogen-bond donors (Lipinski definition) is 1. The van der Waals surface area contributed by atoms with Crippen molar-refractivity contribution in [3.63, 3.8) is 0 Å². The van der Waals surface area contributed by atoms with Gasteiger partial charge in [-0.25, -0.2) is 0 Å². The lowest BCUT2D eigenvalue weighted by atomic mass is 9.79. The maximum absolute atomic E-state index is 13.3. The fourth-order valence-electron chi connectivity index (χ4n) is 5.63. The van der Waals surface area contributed by atoms with Crippen molar-refractivity contribution in [2.45, 2.75) is 85.5 Å². The summed E-state index contributed by atoms with van der Waals surface area (Å²) in [7, 11) is 0. The Balaban J connectivity index is 1.57. The van der Waals surface area contributed by atoms with Gasteiger partial charge in [0.05, 0.1) is 0 Å². The molecule has 1 N–H and O–H groups in total. The van der Waals surface area contributed by atoms with Crippen LogP contribution in [0.1, 0.15) is 81.4 Å². The van der Waals surface area contributed by atoms with Crippen molar-refractivity contribution in [2.75, 3.05) is 5.32 Å². The molecule has 2 heteroatoms. The van der Waals surface area contributed by atoms with E-state index in [0.29, 0.717) is 17.8 Å². The summed E-state index contributed by atoms with van der Waals surface area (Å²) in [5.41, 5.74) is 4.63. The Morgan fingerprint density at radius 2 is 1.54 bits per heavy atom. The predicted molar refractivity (Wildman–Crippen MR) is 120 cm³/mol. The SMILES string of the molecule is CCCCCCCCCC1C2C=CC(C2)C1C(=O)Nc1c(C)cc(C)cc1C. The third kappa shape index (κ3) is 4.88. The Labute approximate surface area is 172 Å². The van der Waals surface area contributed by atoms with E-state index in [1.807, 2.05) is 0 Å². The van der Waals surface area contributed by atoms with E-state index in [1.165, 1.54) is 74.5 Å². The molecule has 0 aliphatic heterocycles. The lowest BCUT2D eigenvalue weighted by molar-refractivity contribution is -0.122. The molecule has 1 aromatic carbocycles. The summed E-state index contributed by atoms with van der Waals surface area (Å²) in [4.78, 5) is 13.3. The Hall–Kier alpha value is -1.57. The van der Waals surface area contributed by atoms with E-state index in [9.17, 15) is 4.79 Å². The lowest BCUT2D eigenvalue weighted by Crippen LogP contribution is -2.32. The summed E-state index contributed by atoms with van der Waals surface area (Å²) < 4.78 is 0. The van der Waals surface area contributed by atoms with Crippen LogP contribution in [0.3, 0.4) is 0 Å². The molecule has 2 nitrogen and oxygen atoms in total.